The maximum Gasteiger partial charge on any atom is 0.363 e. The van der Waals surface area contributed by atoms with Crippen LogP contribution in [0.3, 0.4) is 0 Å². The Balaban J connectivity index is 1.55. The minimum atomic E-state index is -0.577. The molecule has 0 spiro atoms. The first-order valence-corrected chi connectivity index (χ1v) is 11.9. The number of rotatable bonds is 8. The van der Waals surface area contributed by atoms with Crippen LogP contribution in [0.1, 0.15) is 23.6 Å². The van der Waals surface area contributed by atoms with Crippen molar-refractivity contribution < 1.29 is 23.9 Å². The van der Waals surface area contributed by atoms with Crippen molar-refractivity contribution >= 4 is 57.8 Å². The van der Waals surface area contributed by atoms with Gasteiger partial charge in [-0.15, -0.1) is 0 Å². The Hall–Kier alpha value is -3.44. The number of nitrogens with zero attached hydrogens (tertiary/aromatic N) is 2. The number of benzene rings is 3. The van der Waals surface area contributed by atoms with Crippen LogP contribution in [0.15, 0.2) is 71.4 Å². The third-order valence-electron chi connectivity index (χ3n) is 4.89. The molecule has 35 heavy (non-hydrogen) atoms. The summed E-state index contributed by atoms with van der Waals surface area (Å²) in [6, 6.07) is 16.7. The van der Waals surface area contributed by atoms with Gasteiger partial charge < -0.3 is 14.2 Å². The van der Waals surface area contributed by atoms with Crippen LogP contribution in [0.2, 0.25) is 5.02 Å². The van der Waals surface area contributed by atoms with E-state index in [0.717, 1.165) is 9.13 Å². The fourth-order valence-electron chi connectivity index (χ4n) is 3.22. The molecule has 0 aliphatic carbocycles. The van der Waals surface area contributed by atoms with Crippen molar-refractivity contribution in [2.24, 2.45) is 4.99 Å². The predicted octanol–water partition coefficient (Wildman–Crippen LogP) is 6.18. The first-order chi connectivity index (χ1) is 16.8. The summed E-state index contributed by atoms with van der Waals surface area (Å²) < 4.78 is 17.9. The topological polar surface area (TPSA) is 100 Å². The lowest BCUT2D eigenvalue weighted by atomic mass is 10.1. The van der Waals surface area contributed by atoms with Crippen LogP contribution in [0.4, 0.5) is 5.69 Å². The molecule has 3 aromatic rings. The number of carbonyl (C=O) groups excluding carboxylic acids is 1. The maximum atomic E-state index is 12.4. The monoisotopic (exact) mass is 604 g/mol. The van der Waals surface area contributed by atoms with Crippen molar-refractivity contribution in [2.75, 3.05) is 6.61 Å². The first kappa shape index (κ1) is 24.7. The molecule has 8 nitrogen and oxygen atoms in total. The van der Waals surface area contributed by atoms with Crippen LogP contribution in [0.5, 0.6) is 11.5 Å². The number of hydrogen-bond acceptors (Lipinski definition) is 7. The second kappa shape index (κ2) is 10.9. The lowest BCUT2D eigenvalue weighted by Gasteiger charge is -2.13. The van der Waals surface area contributed by atoms with Crippen molar-refractivity contribution in [3.05, 3.63) is 102 Å². The van der Waals surface area contributed by atoms with Crippen LogP contribution in [0, 0.1) is 13.7 Å². The molecular formula is C25H18ClIN2O6. The average Bonchev–Trinajstić information content (AvgIpc) is 3.20. The molecule has 0 atom stereocenters. The third-order valence-corrected chi connectivity index (χ3v) is 5.89. The highest BCUT2D eigenvalue weighted by atomic mass is 127. The van der Waals surface area contributed by atoms with E-state index in [1.54, 1.807) is 48.5 Å². The van der Waals surface area contributed by atoms with E-state index in [0.29, 0.717) is 34.3 Å². The Morgan fingerprint density at radius 1 is 1.09 bits per heavy atom. The van der Waals surface area contributed by atoms with Crippen molar-refractivity contribution in [3.63, 3.8) is 0 Å². The molecule has 0 aromatic heterocycles. The summed E-state index contributed by atoms with van der Waals surface area (Å²) in [5.74, 6) is 0.556. The van der Waals surface area contributed by atoms with Gasteiger partial charge in [-0.05, 0) is 89.2 Å². The summed E-state index contributed by atoms with van der Waals surface area (Å²) in [7, 11) is 0. The van der Waals surface area contributed by atoms with Crippen molar-refractivity contribution in [1.29, 1.82) is 0 Å². The summed E-state index contributed by atoms with van der Waals surface area (Å²) >= 11 is 8.39. The molecule has 3 aromatic carbocycles. The van der Waals surface area contributed by atoms with Gasteiger partial charge in [-0.2, -0.15) is 0 Å². The summed E-state index contributed by atoms with van der Waals surface area (Å²) in [5.41, 5.74) is 2.13. The molecule has 4 rings (SSSR count). The zero-order valence-electron chi connectivity index (χ0n) is 18.4. The number of cyclic esters (lactones) is 1. The number of aliphatic imine (C=N–C) groups is 1. The molecule has 0 saturated heterocycles. The molecule has 0 amide bonds. The van der Waals surface area contributed by atoms with Crippen molar-refractivity contribution in [1.82, 2.24) is 0 Å². The molecule has 0 fully saturated rings. The Kier molecular flexibility index (Phi) is 7.67. The van der Waals surface area contributed by atoms with E-state index in [4.69, 9.17) is 25.8 Å². The molecule has 0 bridgehead atoms. The maximum absolute atomic E-state index is 12.4. The smallest absolute Gasteiger partial charge is 0.363 e. The van der Waals surface area contributed by atoms with Crippen molar-refractivity contribution in [3.8, 4) is 11.5 Å². The highest BCUT2D eigenvalue weighted by molar-refractivity contribution is 14.1. The summed E-state index contributed by atoms with van der Waals surface area (Å²) in [5, 5.41) is 11.2. The second-order valence-electron chi connectivity index (χ2n) is 7.31. The molecule has 178 valence electrons. The number of halogens is 2. The minimum absolute atomic E-state index is 0.0154. The van der Waals surface area contributed by atoms with E-state index < -0.39 is 10.9 Å². The standard InChI is InChI=1S/C25H18ClIN2O6/c1-2-33-23-12-16(5-10-22(23)34-14-15-3-7-18(8-4-15)29(31)32)11-21-25(30)35-24(28-21)19-13-17(27)6-9-20(19)26/h3-13H,2,14H2,1H3/b21-11-. The number of ether oxygens (including phenoxy) is 3. The molecular weight excluding hydrogens is 587 g/mol. The highest BCUT2D eigenvalue weighted by Crippen LogP contribution is 2.31. The van der Waals surface area contributed by atoms with Gasteiger partial charge in [0.1, 0.15) is 6.61 Å². The van der Waals surface area contributed by atoms with Gasteiger partial charge in [-0.3, -0.25) is 10.1 Å². The highest BCUT2D eigenvalue weighted by Gasteiger charge is 2.26. The van der Waals surface area contributed by atoms with Crippen LogP contribution in [0.25, 0.3) is 6.08 Å². The third kappa shape index (κ3) is 5.98. The van der Waals surface area contributed by atoms with Gasteiger partial charge in [-0.1, -0.05) is 17.7 Å². The molecule has 1 aliphatic heterocycles. The zero-order chi connectivity index (χ0) is 24.9. The largest absolute Gasteiger partial charge is 0.490 e. The van der Waals surface area contributed by atoms with Crippen molar-refractivity contribution in [2.45, 2.75) is 13.5 Å². The summed E-state index contributed by atoms with van der Waals surface area (Å²) in [6.45, 7) is 2.46. The number of hydrogen-bond donors (Lipinski definition) is 0. The zero-order valence-corrected chi connectivity index (χ0v) is 21.3. The van der Waals surface area contributed by atoms with E-state index in [9.17, 15) is 14.9 Å². The second-order valence-corrected chi connectivity index (χ2v) is 8.96. The Bertz CT molecular complexity index is 1350. The van der Waals surface area contributed by atoms with E-state index in [1.807, 2.05) is 13.0 Å². The summed E-state index contributed by atoms with van der Waals surface area (Å²) in [6.07, 6.45) is 1.60. The Morgan fingerprint density at radius 2 is 1.86 bits per heavy atom. The average molecular weight is 605 g/mol. The van der Waals surface area contributed by atoms with E-state index in [-0.39, 0.29) is 23.9 Å². The van der Waals surface area contributed by atoms with Crippen LogP contribution < -0.4 is 9.47 Å². The molecule has 0 N–H and O–H groups in total. The first-order valence-electron chi connectivity index (χ1n) is 10.4. The van der Waals surface area contributed by atoms with Crippen LogP contribution in [-0.4, -0.2) is 23.4 Å². The minimum Gasteiger partial charge on any atom is -0.490 e. The van der Waals surface area contributed by atoms with Gasteiger partial charge >= 0.3 is 5.97 Å². The molecule has 0 radical (unpaired) electrons. The van der Waals surface area contributed by atoms with Gasteiger partial charge in [0.05, 0.1) is 22.1 Å². The molecule has 0 saturated carbocycles. The molecule has 1 aliphatic rings. The quantitative estimate of drug-likeness (QED) is 0.100. The van der Waals surface area contributed by atoms with E-state index >= 15 is 0 Å². The van der Waals surface area contributed by atoms with Crippen LogP contribution >= 0.6 is 34.2 Å². The fraction of sp³-hybridized carbons (Fsp3) is 0.120. The predicted molar refractivity (Wildman–Crippen MR) is 140 cm³/mol. The normalized spacial score (nSPS) is 14.0. The van der Waals surface area contributed by atoms with E-state index in [2.05, 4.69) is 27.6 Å². The molecule has 1 heterocycles. The summed E-state index contributed by atoms with van der Waals surface area (Å²) in [4.78, 5) is 27.1. The lowest BCUT2D eigenvalue weighted by molar-refractivity contribution is -0.384. The number of nitro benzene ring substituents is 1. The van der Waals surface area contributed by atoms with Crippen LogP contribution in [-0.2, 0) is 16.1 Å². The Morgan fingerprint density at radius 3 is 2.57 bits per heavy atom. The number of non-ortho nitro benzene ring substituents is 1. The van der Waals surface area contributed by atoms with Gasteiger partial charge in [0.2, 0.25) is 5.90 Å². The molecule has 10 heteroatoms. The van der Waals surface area contributed by atoms with Gasteiger partial charge in [-0.25, -0.2) is 9.79 Å². The SMILES string of the molecule is CCOc1cc(/C=C2\N=C(c3cc(I)ccc3Cl)OC2=O)ccc1OCc1ccc([N+](=O)[O-])cc1. The fourth-order valence-corrected chi connectivity index (χ4v) is 3.91. The number of carbonyl (C=O) groups is 1. The molecule has 0 unspecified atom stereocenters. The van der Waals surface area contributed by atoms with Gasteiger partial charge in [0, 0.05) is 15.7 Å². The lowest BCUT2D eigenvalue weighted by Crippen LogP contribution is -2.06. The van der Waals surface area contributed by atoms with Gasteiger partial charge in [0.25, 0.3) is 5.69 Å². The van der Waals surface area contributed by atoms with Gasteiger partial charge in [0.15, 0.2) is 17.2 Å². The number of nitro groups is 1. The Labute approximate surface area is 219 Å². The number of esters is 1. The van der Waals surface area contributed by atoms with E-state index in [1.165, 1.54) is 12.1 Å².